The van der Waals surface area contributed by atoms with Crippen LogP contribution in [0.15, 0.2) is 52.4 Å². The average Bonchev–Trinajstić information content (AvgIpc) is 3.19. The Balaban J connectivity index is 1.67. The lowest BCUT2D eigenvalue weighted by Gasteiger charge is -2.14. The normalized spacial score (nSPS) is 16.4. The van der Waals surface area contributed by atoms with E-state index in [1.807, 2.05) is 25.1 Å². The van der Waals surface area contributed by atoms with Crippen molar-refractivity contribution >= 4 is 34.6 Å². The minimum Gasteiger partial charge on any atom is -0.318 e. The van der Waals surface area contributed by atoms with Gasteiger partial charge in [0.25, 0.3) is 5.91 Å². The van der Waals surface area contributed by atoms with Crippen LogP contribution in [0.3, 0.4) is 0 Å². The van der Waals surface area contributed by atoms with Crippen molar-refractivity contribution in [3.8, 4) is 5.69 Å². The van der Waals surface area contributed by atoms with Crippen LogP contribution >= 0.6 is 11.8 Å². The van der Waals surface area contributed by atoms with Gasteiger partial charge in [-0.3, -0.25) is 4.79 Å². The Hall–Kier alpha value is -3.05. The highest BCUT2D eigenvalue weighted by Crippen LogP contribution is 2.32. The number of thioether (sulfide) groups is 1. The summed E-state index contributed by atoms with van der Waals surface area (Å²) in [5.41, 5.74) is 10.2. The number of carbonyl (C=O) groups excluding carboxylic acids is 1. The lowest BCUT2D eigenvalue weighted by Crippen LogP contribution is -2.19. The molecule has 1 amide bonds. The van der Waals surface area contributed by atoms with E-state index in [2.05, 4.69) is 79.8 Å². The van der Waals surface area contributed by atoms with Crippen molar-refractivity contribution < 1.29 is 4.79 Å². The number of hydrogen-bond donors (Lipinski definition) is 1. The maximum Gasteiger partial charge on any atom is 0.264 e. The van der Waals surface area contributed by atoms with Crippen LogP contribution in [0.2, 0.25) is 0 Å². The van der Waals surface area contributed by atoms with E-state index in [1.165, 1.54) is 34.1 Å². The van der Waals surface area contributed by atoms with E-state index in [0.29, 0.717) is 10.1 Å². The quantitative estimate of drug-likeness (QED) is 0.503. The molecule has 5 heteroatoms. The second-order valence-electron chi connectivity index (χ2n) is 8.15. The van der Waals surface area contributed by atoms with Crippen molar-refractivity contribution in [1.82, 2.24) is 9.88 Å². The number of nitrogens with one attached hydrogen (secondary N) is 1. The van der Waals surface area contributed by atoms with Crippen molar-refractivity contribution in [2.75, 3.05) is 0 Å². The molecular weight excluding hydrogens is 402 g/mol. The van der Waals surface area contributed by atoms with Gasteiger partial charge in [-0.2, -0.15) is 0 Å². The number of aromatic nitrogens is 1. The molecule has 3 aromatic rings. The van der Waals surface area contributed by atoms with Gasteiger partial charge in [0, 0.05) is 17.1 Å². The Bertz CT molecular complexity index is 1260. The zero-order valence-electron chi connectivity index (χ0n) is 18.8. The summed E-state index contributed by atoms with van der Waals surface area (Å²) in [4.78, 5) is 17.9. The van der Waals surface area contributed by atoms with Gasteiger partial charge in [-0.1, -0.05) is 29.8 Å². The van der Waals surface area contributed by atoms with Gasteiger partial charge in [0.2, 0.25) is 0 Å². The van der Waals surface area contributed by atoms with E-state index in [0.717, 1.165) is 28.2 Å². The maximum atomic E-state index is 12.6. The first-order chi connectivity index (χ1) is 14.7. The van der Waals surface area contributed by atoms with E-state index in [9.17, 15) is 4.79 Å². The zero-order chi connectivity index (χ0) is 22.3. The minimum atomic E-state index is -0.106. The molecule has 1 aliphatic rings. The van der Waals surface area contributed by atoms with Crippen LogP contribution in [0.4, 0.5) is 5.69 Å². The van der Waals surface area contributed by atoms with Gasteiger partial charge < -0.3 is 9.88 Å². The maximum absolute atomic E-state index is 12.6. The van der Waals surface area contributed by atoms with Crippen molar-refractivity contribution in [2.45, 2.75) is 41.5 Å². The van der Waals surface area contributed by atoms with Gasteiger partial charge in [-0.05, 0) is 99.8 Å². The van der Waals surface area contributed by atoms with Crippen LogP contribution in [0, 0.1) is 41.5 Å². The molecule has 1 N–H and O–H groups in total. The molecule has 158 valence electrons. The summed E-state index contributed by atoms with van der Waals surface area (Å²) in [6, 6.07) is 14.6. The molecule has 31 heavy (non-hydrogen) atoms. The van der Waals surface area contributed by atoms with Crippen molar-refractivity contribution in [3.63, 3.8) is 0 Å². The van der Waals surface area contributed by atoms with E-state index < -0.39 is 0 Å². The van der Waals surface area contributed by atoms with Crippen LogP contribution in [0.25, 0.3) is 11.8 Å². The van der Waals surface area contributed by atoms with E-state index in [-0.39, 0.29) is 5.91 Å². The third-order valence-corrected chi connectivity index (χ3v) is 6.71. The molecule has 0 radical (unpaired) electrons. The Morgan fingerprint density at radius 2 is 1.74 bits per heavy atom. The molecule has 1 aromatic heterocycles. The van der Waals surface area contributed by atoms with Crippen LogP contribution in [0.1, 0.15) is 39.2 Å². The molecule has 0 bridgehead atoms. The van der Waals surface area contributed by atoms with E-state index in [4.69, 9.17) is 0 Å². The van der Waals surface area contributed by atoms with E-state index >= 15 is 0 Å². The van der Waals surface area contributed by atoms with Crippen LogP contribution in [0.5, 0.6) is 0 Å². The van der Waals surface area contributed by atoms with Crippen molar-refractivity contribution in [2.24, 2.45) is 4.99 Å². The third kappa shape index (κ3) is 4.10. The summed E-state index contributed by atoms with van der Waals surface area (Å²) in [7, 11) is 0. The monoisotopic (exact) mass is 429 g/mol. The molecule has 1 fully saturated rings. The fraction of sp³-hybridized carbons (Fsp3) is 0.231. The fourth-order valence-corrected chi connectivity index (χ4v) is 4.77. The highest BCUT2D eigenvalue weighted by atomic mass is 32.2. The lowest BCUT2D eigenvalue weighted by atomic mass is 10.1. The van der Waals surface area contributed by atoms with Crippen molar-refractivity contribution in [1.29, 1.82) is 0 Å². The number of carbonyl (C=O) groups is 1. The molecular formula is C26H27N3OS. The molecule has 2 aromatic carbocycles. The number of rotatable bonds is 3. The summed E-state index contributed by atoms with van der Waals surface area (Å²) in [6.45, 7) is 12.6. The topological polar surface area (TPSA) is 46.4 Å². The minimum absolute atomic E-state index is 0.106. The highest BCUT2D eigenvalue weighted by molar-refractivity contribution is 8.18. The van der Waals surface area contributed by atoms with Gasteiger partial charge in [-0.25, -0.2) is 4.99 Å². The standard InChI is InChI=1S/C26H27N3OS/c1-15-10-11-22(17(3)12-15)27-26-28-25(30)24(31-26)14-21-13-18(4)29(20(21)6)23-9-7-8-16(2)19(23)5/h7-14H,1-6H3,(H,27,28,30)/b24-14-. The number of amides is 1. The predicted molar refractivity (Wildman–Crippen MR) is 131 cm³/mol. The molecule has 0 saturated carbocycles. The summed E-state index contributed by atoms with van der Waals surface area (Å²) >= 11 is 1.39. The Labute approximate surface area is 188 Å². The van der Waals surface area contributed by atoms with Gasteiger partial charge in [0.05, 0.1) is 10.6 Å². The second-order valence-corrected chi connectivity index (χ2v) is 9.18. The number of nitrogens with zero attached hydrogens (tertiary/aromatic N) is 2. The number of hydrogen-bond acceptors (Lipinski definition) is 3. The summed E-state index contributed by atoms with van der Waals surface area (Å²) in [5, 5.41) is 3.52. The number of aliphatic imine (C=N–C) groups is 1. The summed E-state index contributed by atoms with van der Waals surface area (Å²) < 4.78 is 2.26. The molecule has 0 unspecified atom stereocenters. The molecule has 0 spiro atoms. The summed E-state index contributed by atoms with van der Waals surface area (Å²) in [5.74, 6) is -0.106. The predicted octanol–water partition coefficient (Wildman–Crippen LogP) is 6.22. The lowest BCUT2D eigenvalue weighted by molar-refractivity contribution is -0.115. The Morgan fingerprint density at radius 1 is 0.968 bits per heavy atom. The van der Waals surface area contributed by atoms with Gasteiger partial charge >= 0.3 is 0 Å². The number of amidine groups is 1. The Kier molecular flexibility index (Phi) is 5.63. The average molecular weight is 430 g/mol. The summed E-state index contributed by atoms with van der Waals surface area (Å²) in [6.07, 6.45) is 1.97. The van der Waals surface area contributed by atoms with Gasteiger partial charge in [0.15, 0.2) is 5.17 Å². The van der Waals surface area contributed by atoms with Gasteiger partial charge in [-0.15, -0.1) is 0 Å². The molecule has 0 aliphatic carbocycles. The molecule has 4 rings (SSSR count). The highest BCUT2D eigenvalue weighted by Gasteiger charge is 2.25. The first-order valence-electron chi connectivity index (χ1n) is 10.4. The van der Waals surface area contributed by atoms with Crippen LogP contribution in [-0.4, -0.2) is 15.6 Å². The van der Waals surface area contributed by atoms with Crippen LogP contribution in [-0.2, 0) is 4.79 Å². The molecule has 1 saturated heterocycles. The Morgan fingerprint density at radius 3 is 2.48 bits per heavy atom. The molecule has 2 heterocycles. The zero-order valence-corrected chi connectivity index (χ0v) is 19.6. The SMILES string of the molecule is Cc1ccc(N=C2NC(=O)/C(=C/c3cc(C)n(-c4cccc(C)c4C)c3C)S2)c(C)c1. The first-order valence-corrected chi connectivity index (χ1v) is 11.2. The number of benzene rings is 2. The largest absolute Gasteiger partial charge is 0.318 e. The first kappa shape index (κ1) is 21.2. The second kappa shape index (κ2) is 8.23. The third-order valence-electron chi connectivity index (χ3n) is 5.80. The molecule has 4 nitrogen and oxygen atoms in total. The van der Waals surface area contributed by atoms with Crippen molar-refractivity contribution in [3.05, 3.63) is 86.6 Å². The van der Waals surface area contributed by atoms with E-state index in [1.54, 1.807) is 0 Å². The number of aryl methyl sites for hydroxylation is 4. The van der Waals surface area contributed by atoms with Crippen LogP contribution < -0.4 is 5.32 Å². The molecule has 0 atom stereocenters. The van der Waals surface area contributed by atoms with Gasteiger partial charge in [0.1, 0.15) is 0 Å². The smallest absolute Gasteiger partial charge is 0.264 e. The molecule has 1 aliphatic heterocycles. The fourth-order valence-electron chi connectivity index (χ4n) is 3.94.